The summed E-state index contributed by atoms with van der Waals surface area (Å²) < 4.78 is 1.66. The summed E-state index contributed by atoms with van der Waals surface area (Å²) in [5.41, 5.74) is 1.31. The van der Waals surface area contributed by atoms with Crippen LogP contribution in [0.3, 0.4) is 0 Å². The smallest absolute Gasteiger partial charge is 0.320 e. The van der Waals surface area contributed by atoms with Crippen molar-refractivity contribution >= 4 is 11.8 Å². The number of likely N-dealkylation sites (tertiary alicyclic amines) is 1. The molecule has 6 nitrogen and oxygen atoms in total. The lowest BCUT2D eigenvalue weighted by molar-refractivity contribution is 0.247. The predicted octanol–water partition coefficient (Wildman–Crippen LogP) is 1.82. The Labute approximate surface area is 130 Å². The lowest BCUT2D eigenvalue weighted by Crippen LogP contribution is -2.39. The summed E-state index contributed by atoms with van der Waals surface area (Å²) in [6.07, 6.45) is 2.77. The Morgan fingerprint density at radius 3 is 2.86 bits per heavy atom. The molecular weight excluding hydrogens is 278 g/mol. The van der Waals surface area contributed by atoms with Crippen LogP contribution in [0.15, 0.2) is 42.6 Å². The second kappa shape index (κ2) is 6.62. The summed E-state index contributed by atoms with van der Waals surface area (Å²) in [5, 5.41) is 9.90. The van der Waals surface area contributed by atoms with Gasteiger partial charge in [-0.2, -0.15) is 5.10 Å². The minimum absolute atomic E-state index is 0.187. The van der Waals surface area contributed by atoms with E-state index in [1.54, 1.807) is 16.9 Å². The van der Waals surface area contributed by atoms with E-state index in [2.05, 4.69) is 44.9 Å². The quantitative estimate of drug-likeness (QED) is 0.905. The predicted molar refractivity (Wildman–Crippen MR) is 85.5 cm³/mol. The maximum Gasteiger partial charge on any atom is 0.320 e. The Morgan fingerprint density at radius 2 is 2.14 bits per heavy atom. The van der Waals surface area contributed by atoms with Crippen molar-refractivity contribution in [2.75, 3.05) is 18.4 Å². The molecule has 1 aliphatic rings. The van der Waals surface area contributed by atoms with Crippen molar-refractivity contribution in [1.82, 2.24) is 20.0 Å². The lowest BCUT2D eigenvalue weighted by Gasteiger charge is -2.16. The molecule has 1 aromatic carbocycles. The van der Waals surface area contributed by atoms with Gasteiger partial charge in [0.15, 0.2) is 5.82 Å². The average Bonchev–Trinajstić information content (AvgIpc) is 3.09. The van der Waals surface area contributed by atoms with Gasteiger partial charge in [-0.15, -0.1) is 0 Å². The first-order valence-corrected chi connectivity index (χ1v) is 7.52. The number of hydrogen-bond acceptors (Lipinski definition) is 3. The number of nitrogens with zero attached hydrogens (tertiary/aromatic N) is 3. The number of carbonyl (C=O) groups excluding carboxylic acids is 1. The monoisotopic (exact) mass is 299 g/mol. The number of amides is 2. The molecule has 1 fully saturated rings. The first kappa shape index (κ1) is 14.6. The van der Waals surface area contributed by atoms with Crippen molar-refractivity contribution in [2.24, 2.45) is 7.05 Å². The minimum Gasteiger partial charge on any atom is -0.334 e. The third-order valence-electron chi connectivity index (χ3n) is 3.81. The fraction of sp³-hybridized carbons (Fsp3) is 0.375. The maximum atomic E-state index is 12.0. The molecule has 1 atom stereocenters. The van der Waals surface area contributed by atoms with Gasteiger partial charge in [0.05, 0.1) is 0 Å². The summed E-state index contributed by atoms with van der Waals surface area (Å²) in [4.78, 5) is 14.3. The topological polar surface area (TPSA) is 62.2 Å². The number of carbonyl (C=O) groups is 1. The highest BCUT2D eigenvalue weighted by molar-refractivity contribution is 5.88. The van der Waals surface area contributed by atoms with E-state index in [9.17, 15) is 4.79 Å². The van der Waals surface area contributed by atoms with Gasteiger partial charge in [-0.3, -0.25) is 14.9 Å². The van der Waals surface area contributed by atoms with Crippen LogP contribution in [-0.4, -0.2) is 39.8 Å². The number of urea groups is 1. The zero-order valence-corrected chi connectivity index (χ0v) is 12.7. The Hall–Kier alpha value is -2.34. The van der Waals surface area contributed by atoms with E-state index in [1.165, 1.54) is 5.56 Å². The zero-order chi connectivity index (χ0) is 15.4. The number of rotatable bonds is 4. The molecule has 1 saturated heterocycles. The molecule has 0 aliphatic carbocycles. The maximum absolute atomic E-state index is 12.0. The molecule has 1 unspecified atom stereocenters. The van der Waals surface area contributed by atoms with Crippen LogP contribution < -0.4 is 10.6 Å². The number of hydrogen-bond donors (Lipinski definition) is 2. The Morgan fingerprint density at radius 1 is 1.32 bits per heavy atom. The minimum atomic E-state index is -0.190. The molecule has 0 radical (unpaired) electrons. The highest BCUT2D eigenvalue weighted by atomic mass is 16.2. The Bertz CT molecular complexity index is 624. The van der Waals surface area contributed by atoms with E-state index in [1.807, 2.05) is 13.1 Å². The van der Waals surface area contributed by atoms with Crippen molar-refractivity contribution in [1.29, 1.82) is 0 Å². The van der Waals surface area contributed by atoms with Crippen LogP contribution in [0.5, 0.6) is 0 Å². The van der Waals surface area contributed by atoms with Crippen molar-refractivity contribution in [2.45, 2.75) is 19.0 Å². The molecule has 0 bridgehead atoms. The van der Waals surface area contributed by atoms with E-state index in [4.69, 9.17) is 0 Å². The molecular formula is C16H21N5O. The summed E-state index contributed by atoms with van der Waals surface area (Å²) in [5.74, 6) is 0.569. The first-order chi connectivity index (χ1) is 10.7. The standard InChI is InChI=1S/C16H21N5O/c1-20-9-8-15(19-20)18-16(22)17-14-7-10-21(12-14)11-13-5-3-2-4-6-13/h2-6,8-9,14H,7,10-12H2,1H3,(H2,17,18,19,22). The third kappa shape index (κ3) is 3.85. The summed E-state index contributed by atoms with van der Waals surface area (Å²) in [7, 11) is 1.82. The van der Waals surface area contributed by atoms with Gasteiger partial charge in [0.2, 0.25) is 0 Å². The number of nitrogens with one attached hydrogen (secondary N) is 2. The van der Waals surface area contributed by atoms with Crippen LogP contribution >= 0.6 is 0 Å². The van der Waals surface area contributed by atoms with Gasteiger partial charge in [-0.25, -0.2) is 4.79 Å². The molecule has 2 N–H and O–H groups in total. The molecule has 116 valence electrons. The van der Waals surface area contributed by atoms with Crippen molar-refractivity contribution < 1.29 is 4.79 Å². The van der Waals surface area contributed by atoms with Gasteiger partial charge >= 0.3 is 6.03 Å². The molecule has 2 heterocycles. The number of benzene rings is 1. The lowest BCUT2D eigenvalue weighted by atomic mass is 10.2. The van der Waals surface area contributed by atoms with Crippen molar-refractivity contribution in [3.63, 3.8) is 0 Å². The number of aryl methyl sites for hydroxylation is 1. The molecule has 0 saturated carbocycles. The second-order valence-electron chi connectivity index (χ2n) is 5.68. The molecule has 2 amide bonds. The average molecular weight is 299 g/mol. The second-order valence-corrected chi connectivity index (χ2v) is 5.68. The first-order valence-electron chi connectivity index (χ1n) is 7.52. The Balaban J connectivity index is 1.45. The molecule has 22 heavy (non-hydrogen) atoms. The normalized spacial score (nSPS) is 18.3. The fourth-order valence-corrected chi connectivity index (χ4v) is 2.76. The summed E-state index contributed by atoms with van der Waals surface area (Å²) in [6.45, 7) is 2.81. The molecule has 3 rings (SSSR count). The molecule has 0 spiro atoms. The van der Waals surface area contributed by atoms with Crippen LogP contribution in [0.25, 0.3) is 0 Å². The number of aromatic nitrogens is 2. The fourth-order valence-electron chi connectivity index (χ4n) is 2.76. The van der Waals surface area contributed by atoms with Gasteiger partial charge in [0, 0.05) is 45.0 Å². The van der Waals surface area contributed by atoms with Gasteiger partial charge in [-0.1, -0.05) is 30.3 Å². The molecule has 6 heteroatoms. The van der Waals surface area contributed by atoms with Crippen LogP contribution in [-0.2, 0) is 13.6 Å². The highest BCUT2D eigenvalue weighted by Crippen LogP contribution is 2.13. The zero-order valence-electron chi connectivity index (χ0n) is 12.7. The van der Waals surface area contributed by atoms with E-state index < -0.39 is 0 Å². The molecule has 2 aromatic rings. The van der Waals surface area contributed by atoms with Gasteiger partial charge in [0.25, 0.3) is 0 Å². The van der Waals surface area contributed by atoms with Crippen LogP contribution in [0.1, 0.15) is 12.0 Å². The van der Waals surface area contributed by atoms with E-state index >= 15 is 0 Å². The molecule has 1 aliphatic heterocycles. The number of anilines is 1. The molecule has 1 aromatic heterocycles. The van der Waals surface area contributed by atoms with Gasteiger partial charge < -0.3 is 5.32 Å². The van der Waals surface area contributed by atoms with Crippen LogP contribution in [0, 0.1) is 0 Å². The van der Waals surface area contributed by atoms with E-state index in [0.29, 0.717) is 5.82 Å². The highest BCUT2D eigenvalue weighted by Gasteiger charge is 2.23. The SMILES string of the molecule is Cn1ccc(NC(=O)NC2CCN(Cc3ccccc3)C2)n1. The van der Waals surface area contributed by atoms with Crippen LogP contribution in [0.2, 0.25) is 0 Å². The van der Waals surface area contributed by atoms with E-state index in [0.717, 1.165) is 26.1 Å². The largest absolute Gasteiger partial charge is 0.334 e. The Kier molecular flexibility index (Phi) is 4.39. The van der Waals surface area contributed by atoms with Crippen molar-refractivity contribution in [3.8, 4) is 0 Å². The van der Waals surface area contributed by atoms with Gasteiger partial charge in [-0.05, 0) is 12.0 Å². The van der Waals surface area contributed by atoms with E-state index in [-0.39, 0.29) is 12.1 Å². The van der Waals surface area contributed by atoms with Gasteiger partial charge in [0.1, 0.15) is 0 Å². The van der Waals surface area contributed by atoms with Crippen LogP contribution in [0.4, 0.5) is 10.6 Å². The van der Waals surface area contributed by atoms with Crippen molar-refractivity contribution in [3.05, 3.63) is 48.2 Å². The third-order valence-corrected chi connectivity index (χ3v) is 3.81. The summed E-state index contributed by atoms with van der Waals surface area (Å²) >= 11 is 0. The summed E-state index contributed by atoms with van der Waals surface area (Å²) in [6, 6.07) is 12.2.